The number of benzene rings is 2. The summed E-state index contributed by atoms with van der Waals surface area (Å²) in [5, 5.41) is 8.71. The van der Waals surface area contributed by atoms with Crippen LogP contribution in [-0.2, 0) is 37.1 Å². The Bertz CT molecular complexity index is 1560. The Morgan fingerprint density at radius 1 is 0.863 bits per heavy atom. The molecule has 0 radical (unpaired) electrons. The smallest absolute Gasteiger partial charge is 0.255 e. The summed E-state index contributed by atoms with van der Waals surface area (Å²) in [6, 6.07) is 12.9. The number of hydrogen-bond donors (Lipinski definition) is 3. The van der Waals surface area contributed by atoms with Crippen LogP contribution in [-0.4, -0.2) is 103 Å². The summed E-state index contributed by atoms with van der Waals surface area (Å²) in [6.45, 7) is 5.76. The fourth-order valence-electron chi connectivity index (χ4n) is 6.27. The molecule has 1 fully saturated rings. The second-order valence-electron chi connectivity index (χ2n) is 13.9. The van der Waals surface area contributed by atoms with Crippen molar-refractivity contribution in [1.82, 2.24) is 30.7 Å². The Hall–Kier alpha value is -4.94. The van der Waals surface area contributed by atoms with Gasteiger partial charge in [0.1, 0.15) is 18.4 Å². The van der Waals surface area contributed by atoms with Crippen LogP contribution >= 0.6 is 0 Å². The Morgan fingerprint density at radius 2 is 1.57 bits per heavy atom. The number of ether oxygens (including phenoxy) is 1. The van der Waals surface area contributed by atoms with Gasteiger partial charge in [-0.25, -0.2) is 0 Å². The standard InChI is InChI=1S/C38H52N6O7/c1-26(2)20-29-25-51-32-13-6-5-12-30(32)37(49)41-31(16-17-35(47)42(3)18-8-14-34(46)43(4)24-33(45)40-29)38(50)39-22-27-10-7-11-28(21-27)23-44-19-9-15-36(44)48/h5-7,10-13,21,26,29,31H,8-9,14-20,22-25H2,1-4H3,(H,39,50)(H,40,45)(H,41,49)/t29-,31-/m0/s1. The van der Waals surface area contributed by atoms with Crippen molar-refractivity contribution < 1.29 is 33.5 Å². The van der Waals surface area contributed by atoms with E-state index in [2.05, 4.69) is 16.0 Å². The summed E-state index contributed by atoms with van der Waals surface area (Å²) >= 11 is 0. The van der Waals surface area contributed by atoms with Crippen molar-refractivity contribution >= 4 is 35.4 Å². The van der Waals surface area contributed by atoms with E-state index in [1.54, 1.807) is 38.4 Å². The lowest BCUT2D eigenvalue weighted by molar-refractivity contribution is -0.135. The van der Waals surface area contributed by atoms with E-state index in [9.17, 15) is 28.8 Å². The lowest BCUT2D eigenvalue weighted by Gasteiger charge is -2.25. The Morgan fingerprint density at radius 3 is 2.31 bits per heavy atom. The minimum absolute atomic E-state index is 0.0166. The van der Waals surface area contributed by atoms with Crippen LogP contribution in [0.15, 0.2) is 48.5 Å². The molecule has 2 aliphatic rings. The number of para-hydroxylation sites is 1. The number of fused-ring (bicyclic) bond motifs is 1. The number of amides is 6. The monoisotopic (exact) mass is 704 g/mol. The number of nitrogens with one attached hydrogen (secondary N) is 3. The van der Waals surface area contributed by atoms with Gasteiger partial charge >= 0.3 is 0 Å². The highest BCUT2D eigenvalue weighted by atomic mass is 16.5. The highest BCUT2D eigenvalue weighted by Crippen LogP contribution is 2.20. The number of nitrogens with zero attached hydrogens (tertiary/aromatic N) is 3. The molecule has 0 aromatic heterocycles. The third kappa shape index (κ3) is 12.1. The second kappa shape index (κ2) is 18.9. The van der Waals surface area contributed by atoms with Gasteiger partial charge in [0.2, 0.25) is 29.5 Å². The number of hydrogen-bond acceptors (Lipinski definition) is 7. The molecule has 13 nitrogen and oxygen atoms in total. The third-order valence-electron chi connectivity index (χ3n) is 9.08. The van der Waals surface area contributed by atoms with Crippen molar-refractivity contribution in [3.63, 3.8) is 0 Å². The molecule has 51 heavy (non-hydrogen) atoms. The van der Waals surface area contributed by atoms with Crippen LogP contribution in [0.3, 0.4) is 0 Å². The average molecular weight is 705 g/mol. The largest absolute Gasteiger partial charge is 0.491 e. The van der Waals surface area contributed by atoms with E-state index < -0.39 is 17.9 Å². The van der Waals surface area contributed by atoms with Gasteiger partial charge in [0.25, 0.3) is 5.91 Å². The van der Waals surface area contributed by atoms with E-state index in [1.165, 1.54) is 9.80 Å². The van der Waals surface area contributed by atoms with Gasteiger partial charge in [0.05, 0.1) is 18.2 Å². The highest BCUT2D eigenvalue weighted by Gasteiger charge is 2.26. The second-order valence-corrected chi connectivity index (χ2v) is 13.9. The third-order valence-corrected chi connectivity index (χ3v) is 9.08. The van der Waals surface area contributed by atoms with Crippen molar-refractivity contribution in [3.05, 3.63) is 65.2 Å². The fraction of sp³-hybridized carbons (Fsp3) is 0.526. The van der Waals surface area contributed by atoms with Gasteiger partial charge in [-0.05, 0) is 54.9 Å². The van der Waals surface area contributed by atoms with Crippen molar-refractivity contribution in [2.45, 2.75) is 84.0 Å². The van der Waals surface area contributed by atoms with Crippen molar-refractivity contribution in [1.29, 1.82) is 0 Å². The fourth-order valence-corrected chi connectivity index (χ4v) is 6.27. The number of likely N-dealkylation sites (N-methyl/N-ethyl adjacent to an activating group) is 1. The summed E-state index contributed by atoms with van der Waals surface area (Å²) in [4.78, 5) is 83.0. The van der Waals surface area contributed by atoms with Gasteiger partial charge in [0, 0.05) is 59.5 Å². The van der Waals surface area contributed by atoms with Crippen LogP contribution in [0.4, 0.5) is 0 Å². The van der Waals surface area contributed by atoms with Gasteiger partial charge < -0.3 is 35.4 Å². The lowest BCUT2D eigenvalue weighted by atomic mass is 10.0. The lowest BCUT2D eigenvalue weighted by Crippen LogP contribution is -2.47. The van der Waals surface area contributed by atoms with Crippen molar-refractivity contribution in [3.8, 4) is 5.75 Å². The van der Waals surface area contributed by atoms with E-state index in [0.717, 1.165) is 24.1 Å². The van der Waals surface area contributed by atoms with E-state index in [-0.39, 0.29) is 85.9 Å². The van der Waals surface area contributed by atoms with E-state index in [0.29, 0.717) is 32.4 Å². The van der Waals surface area contributed by atoms with Gasteiger partial charge in [-0.15, -0.1) is 0 Å². The molecule has 2 aliphatic heterocycles. The molecule has 1 saturated heterocycles. The zero-order valence-electron chi connectivity index (χ0n) is 30.2. The quantitative estimate of drug-likeness (QED) is 0.400. The Kier molecular flexibility index (Phi) is 14.4. The molecule has 2 heterocycles. The minimum atomic E-state index is -1.04. The van der Waals surface area contributed by atoms with Crippen LogP contribution < -0.4 is 20.7 Å². The molecule has 0 bridgehead atoms. The van der Waals surface area contributed by atoms with E-state index in [1.807, 2.05) is 43.0 Å². The topological polar surface area (TPSA) is 157 Å². The number of rotatable bonds is 7. The van der Waals surface area contributed by atoms with E-state index in [4.69, 9.17) is 4.74 Å². The summed E-state index contributed by atoms with van der Waals surface area (Å²) in [5.74, 6) is -1.11. The predicted octanol–water partition coefficient (Wildman–Crippen LogP) is 2.62. The molecule has 2 atom stereocenters. The van der Waals surface area contributed by atoms with Gasteiger partial charge in [-0.3, -0.25) is 28.8 Å². The van der Waals surface area contributed by atoms with Crippen molar-refractivity contribution in [2.24, 2.45) is 5.92 Å². The van der Waals surface area contributed by atoms with Gasteiger partial charge in [0.15, 0.2) is 0 Å². The molecule has 276 valence electrons. The van der Waals surface area contributed by atoms with Crippen LogP contribution in [0.2, 0.25) is 0 Å². The summed E-state index contributed by atoms with van der Waals surface area (Å²) in [6.07, 6.45) is 2.62. The SMILES string of the molecule is CC(C)C[C@H]1COc2ccccc2C(=O)N[C@H](C(=O)NCc2cccc(CN3CCCC3=O)c2)CCC(=O)N(C)CCCC(=O)N(C)CC(=O)N1. The highest BCUT2D eigenvalue weighted by molar-refractivity contribution is 5.99. The van der Waals surface area contributed by atoms with Crippen LogP contribution in [0.5, 0.6) is 5.75 Å². The summed E-state index contributed by atoms with van der Waals surface area (Å²) < 4.78 is 6.11. The first kappa shape index (κ1) is 38.9. The maximum atomic E-state index is 13.7. The molecule has 0 saturated carbocycles. The first-order valence-electron chi connectivity index (χ1n) is 17.8. The predicted molar refractivity (Wildman–Crippen MR) is 191 cm³/mol. The zero-order chi connectivity index (χ0) is 36.9. The van der Waals surface area contributed by atoms with Gasteiger partial charge in [-0.2, -0.15) is 0 Å². The van der Waals surface area contributed by atoms with Crippen LogP contribution in [0.1, 0.15) is 80.3 Å². The number of carbonyl (C=O) groups excluding carboxylic acids is 6. The number of carbonyl (C=O) groups is 6. The molecule has 0 spiro atoms. The van der Waals surface area contributed by atoms with Crippen LogP contribution in [0.25, 0.3) is 0 Å². The first-order chi connectivity index (χ1) is 24.4. The Balaban J connectivity index is 1.52. The summed E-state index contributed by atoms with van der Waals surface area (Å²) in [7, 11) is 3.21. The molecule has 4 rings (SSSR count). The number of likely N-dealkylation sites (tertiary alicyclic amines) is 1. The van der Waals surface area contributed by atoms with Crippen molar-refractivity contribution in [2.75, 3.05) is 40.3 Å². The minimum Gasteiger partial charge on any atom is -0.491 e. The maximum Gasteiger partial charge on any atom is 0.255 e. The normalized spacial score (nSPS) is 20.4. The molecule has 0 unspecified atom stereocenters. The molecular formula is C38H52N6O7. The van der Waals surface area contributed by atoms with Gasteiger partial charge in [-0.1, -0.05) is 50.2 Å². The molecule has 3 N–H and O–H groups in total. The zero-order valence-corrected chi connectivity index (χ0v) is 30.2. The molecule has 6 amide bonds. The summed E-state index contributed by atoms with van der Waals surface area (Å²) in [5.41, 5.74) is 2.00. The molecule has 13 heteroatoms. The maximum absolute atomic E-state index is 13.7. The van der Waals surface area contributed by atoms with E-state index >= 15 is 0 Å². The molecule has 0 aliphatic carbocycles. The molecule has 2 aromatic rings. The molecular weight excluding hydrogens is 652 g/mol. The average Bonchev–Trinajstić information content (AvgIpc) is 3.50. The Labute approximate surface area is 300 Å². The first-order valence-corrected chi connectivity index (χ1v) is 17.8. The molecule has 2 aromatic carbocycles. The van der Waals surface area contributed by atoms with Crippen LogP contribution in [0, 0.1) is 5.92 Å².